The molecule has 1 aromatic carbocycles. The van der Waals surface area contributed by atoms with Crippen molar-refractivity contribution >= 4 is 24.1 Å². The molecule has 0 bridgehead atoms. The molecule has 1 rings (SSSR count). The molecule has 0 atom stereocenters. The zero-order valence-electron chi connectivity index (χ0n) is 9.23. The molecule has 0 saturated heterocycles. The Morgan fingerprint density at radius 3 is 2.56 bits per heavy atom. The zero-order chi connectivity index (χ0) is 12.0. The summed E-state index contributed by atoms with van der Waals surface area (Å²) in [6, 6.07) is 7.97. The number of thiol groups is 1. The lowest BCUT2D eigenvalue weighted by molar-refractivity contribution is -0.119. The van der Waals surface area contributed by atoms with E-state index in [9.17, 15) is 4.79 Å². The molecule has 0 aliphatic heterocycles. The van der Waals surface area contributed by atoms with E-state index < -0.39 is 0 Å². The average Bonchev–Trinajstić information content (AvgIpc) is 2.35. The highest BCUT2D eigenvalue weighted by Gasteiger charge is 1.99. The number of benzene rings is 1. The van der Waals surface area contributed by atoms with Gasteiger partial charge in [0.2, 0.25) is 5.91 Å². The first kappa shape index (κ1) is 12.8. The number of carbonyl (C=O) groups excluding carboxylic acids is 1. The van der Waals surface area contributed by atoms with E-state index in [1.807, 2.05) is 31.2 Å². The number of amides is 1. The minimum Gasteiger partial charge on any atom is -0.351 e. The van der Waals surface area contributed by atoms with Crippen molar-refractivity contribution < 1.29 is 4.79 Å². The normalized spacial score (nSPS) is 11.3. The lowest BCUT2D eigenvalue weighted by Gasteiger charge is -2.05. The Labute approximate surface area is 101 Å². The summed E-state index contributed by atoms with van der Waals surface area (Å²) in [5.41, 5.74) is 8.48. The minimum atomic E-state index is -0.143. The lowest BCUT2D eigenvalue weighted by Crippen LogP contribution is -2.29. The van der Waals surface area contributed by atoms with Crippen molar-refractivity contribution in [2.45, 2.75) is 13.5 Å². The van der Waals surface area contributed by atoms with Crippen LogP contribution in [0.2, 0.25) is 0 Å². The number of hydrogen-bond donors (Lipinski definition) is 3. The molecule has 0 heterocycles. The van der Waals surface area contributed by atoms with Crippen LogP contribution in [-0.4, -0.2) is 12.5 Å². The quantitative estimate of drug-likeness (QED) is 0.695. The van der Waals surface area contributed by atoms with Gasteiger partial charge in [-0.05, 0) is 29.0 Å². The fourth-order valence-corrected chi connectivity index (χ4v) is 1.38. The van der Waals surface area contributed by atoms with Gasteiger partial charge in [0.25, 0.3) is 0 Å². The summed E-state index contributed by atoms with van der Waals surface area (Å²) in [4.78, 5) is 11.0. The molecule has 0 spiro atoms. The third-order valence-electron chi connectivity index (χ3n) is 2.28. The Balaban J connectivity index is 2.61. The molecule has 3 nitrogen and oxygen atoms in total. The van der Waals surface area contributed by atoms with Gasteiger partial charge in [0.15, 0.2) is 0 Å². The Morgan fingerprint density at radius 1 is 1.44 bits per heavy atom. The van der Waals surface area contributed by atoms with Crippen molar-refractivity contribution in [2.75, 3.05) is 6.54 Å². The minimum absolute atomic E-state index is 0.0274. The van der Waals surface area contributed by atoms with Crippen molar-refractivity contribution in [3.63, 3.8) is 0 Å². The second-order valence-electron chi connectivity index (χ2n) is 3.49. The number of nitrogens with two attached hydrogens (primary N) is 1. The van der Waals surface area contributed by atoms with Crippen molar-refractivity contribution in [1.29, 1.82) is 0 Å². The van der Waals surface area contributed by atoms with Gasteiger partial charge in [-0.2, -0.15) is 12.6 Å². The number of nitrogens with one attached hydrogen (secondary N) is 1. The average molecular weight is 236 g/mol. The maximum absolute atomic E-state index is 11.0. The highest BCUT2D eigenvalue weighted by molar-refractivity contribution is 7.83. The van der Waals surface area contributed by atoms with E-state index in [-0.39, 0.29) is 12.5 Å². The van der Waals surface area contributed by atoms with Gasteiger partial charge in [0, 0.05) is 6.54 Å². The van der Waals surface area contributed by atoms with Gasteiger partial charge >= 0.3 is 0 Å². The predicted octanol–water partition coefficient (Wildman–Crippen LogP) is 1.55. The van der Waals surface area contributed by atoms with Gasteiger partial charge in [-0.1, -0.05) is 24.3 Å². The summed E-state index contributed by atoms with van der Waals surface area (Å²) in [5.74, 6) is -0.143. The molecule has 3 N–H and O–H groups in total. The molecule has 1 amide bonds. The fraction of sp³-hybridized carbons (Fsp3) is 0.250. The third kappa shape index (κ3) is 3.72. The van der Waals surface area contributed by atoms with Gasteiger partial charge in [0.1, 0.15) is 0 Å². The second kappa shape index (κ2) is 6.35. The van der Waals surface area contributed by atoms with E-state index in [1.165, 1.54) is 0 Å². The monoisotopic (exact) mass is 236 g/mol. The highest BCUT2D eigenvalue weighted by atomic mass is 32.1. The van der Waals surface area contributed by atoms with Crippen molar-refractivity contribution in [2.24, 2.45) is 5.73 Å². The molecular formula is C12H16N2OS. The van der Waals surface area contributed by atoms with Crippen molar-refractivity contribution in [1.82, 2.24) is 5.32 Å². The largest absolute Gasteiger partial charge is 0.351 e. The van der Waals surface area contributed by atoms with Gasteiger partial charge in [-0.3, -0.25) is 4.79 Å². The molecule has 0 aliphatic rings. The van der Waals surface area contributed by atoms with Crippen LogP contribution in [0.25, 0.3) is 5.57 Å². The van der Waals surface area contributed by atoms with E-state index in [0.717, 1.165) is 16.7 Å². The number of hydrogen-bond acceptors (Lipinski definition) is 3. The van der Waals surface area contributed by atoms with Crippen LogP contribution < -0.4 is 11.1 Å². The van der Waals surface area contributed by atoms with Crippen LogP contribution in [0.5, 0.6) is 0 Å². The molecule has 0 radical (unpaired) electrons. The maximum Gasteiger partial charge on any atom is 0.234 e. The molecule has 0 fully saturated rings. The van der Waals surface area contributed by atoms with Crippen LogP contribution in [-0.2, 0) is 11.3 Å². The van der Waals surface area contributed by atoms with Gasteiger partial charge in [0.05, 0.1) is 6.54 Å². The van der Waals surface area contributed by atoms with E-state index in [4.69, 9.17) is 5.73 Å². The van der Waals surface area contributed by atoms with E-state index in [1.54, 1.807) is 5.41 Å². The second-order valence-corrected chi connectivity index (χ2v) is 3.75. The number of rotatable bonds is 4. The van der Waals surface area contributed by atoms with Gasteiger partial charge in [-0.15, -0.1) is 0 Å². The zero-order valence-corrected chi connectivity index (χ0v) is 10.1. The molecule has 86 valence electrons. The van der Waals surface area contributed by atoms with Gasteiger partial charge in [-0.25, -0.2) is 0 Å². The van der Waals surface area contributed by atoms with Crippen LogP contribution in [0.3, 0.4) is 0 Å². The summed E-state index contributed by atoms with van der Waals surface area (Å²) in [5, 5.41) is 4.49. The third-order valence-corrected chi connectivity index (χ3v) is 2.67. The van der Waals surface area contributed by atoms with E-state index >= 15 is 0 Å². The standard InChI is InChI=1S/C12H16N2OS/c1-9(8-16)11-4-2-10(3-5-11)7-14-12(15)6-13/h2-5,8,16H,6-7,13H2,1H3,(H,14,15)/b9-8+. The topological polar surface area (TPSA) is 55.1 Å². The van der Waals surface area contributed by atoms with Crippen molar-refractivity contribution in [3.05, 3.63) is 40.8 Å². The first-order valence-electron chi connectivity index (χ1n) is 5.04. The molecule has 0 saturated carbocycles. The Hall–Kier alpha value is -1.26. The smallest absolute Gasteiger partial charge is 0.234 e. The van der Waals surface area contributed by atoms with Crippen LogP contribution in [0, 0.1) is 0 Å². The summed E-state index contributed by atoms with van der Waals surface area (Å²) >= 11 is 4.10. The number of carbonyl (C=O) groups is 1. The van der Waals surface area contributed by atoms with E-state index in [2.05, 4.69) is 17.9 Å². The summed E-state index contributed by atoms with van der Waals surface area (Å²) in [7, 11) is 0. The lowest BCUT2D eigenvalue weighted by atomic mass is 10.1. The first-order valence-corrected chi connectivity index (χ1v) is 5.56. The Morgan fingerprint density at radius 2 is 2.06 bits per heavy atom. The van der Waals surface area contributed by atoms with Crippen molar-refractivity contribution in [3.8, 4) is 0 Å². The Bertz CT molecular complexity index is 385. The molecule has 0 aromatic heterocycles. The van der Waals surface area contributed by atoms with E-state index in [0.29, 0.717) is 6.54 Å². The summed E-state index contributed by atoms with van der Waals surface area (Å²) < 4.78 is 0. The van der Waals surface area contributed by atoms with Crippen LogP contribution in [0.1, 0.15) is 18.1 Å². The molecule has 0 aliphatic carbocycles. The highest BCUT2D eigenvalue weighted by Crippen LogP contribution is 2.15. The Kier molecular flexibility index (Phi) is 5.08. The van der Waals surface area contributed by atoms with Crippen LogP contribution >= 0.6 is 12.6 Å². The van der Waals surface area contributed by atoms with Crippen LogP contribution in [0.4, 0.5) is 0 Å². The molecule has 0 unspecified atom stereocenters. The first-order chi connectivity index (χ1) is 7.67. The SMILES string of the molecule is C/C(=C\S)c1ccc(CNC(=O)CN)cc1. The molecule has 16 heavy (non-hydrogen) atoms. The molecule has 4 heteroatoms. The maximum atomic E-state index is 11.0. The predicted molar refractivity (Wildman–Crippen MR) is 70.0 cm³/mol. The molecule has 1 aromatic rings. The fourth-order valence-electron chi connectivity index (χ4n) is 1.23. The number of allylic oxidation sites excluding steroid dienone is 1. The summed E-state index contributed by atoms with van der Waals surface area (Å²) in [6.07, 6.45) is 0. The van der Waals surface area contributed by atoms with Crippen LogP contribution in [0.15, 0.2) is 29.7 Å². The van der Waals surface area contributed by atoms with Gasteiger partial charge < -0.3 is 11.1 Å². The molecular weight excluding hydrogens is 220 g/mol. The summed E-state index contributed by atoms with van der Waals surface area (Å²) in [6.45, 7) is 2.54.